The van der Waals surface area contributed by atoms with Gasteiger partial charge in [0.15, 0.2) is 11.6 Å². The molecule has 180 valence electrons. The molecule has 0 radical (unpaired) electrons. The van der Waals surface area contributed by atoms with Gasteiger partial charge in [0.25, 0.3) is 0 Å². The first-order valence-corrected chi connectivity index (χ1v) is 12.2. The van der Waals surface area contributed by atoms with E-state index >= 15 is 0 Å². The quantitative estimate of drug-likeness (QED) is 0.359. The van der Waals surface area contributed by atoms with Crippen molar-refractivity contribution in [2.75, 3.05) is 11.9 Å². The molecule has 36 heavy (non-hydrogen) atoms. The zero-order chi connectivity index (χ0) is 24.6. The van der Waals surface area contributed by atoms with E-state index in [-0.39, 0.29) is 18.6 Å². The molecule has 0 saturated carbocycles. The zero-order valence-electron chi connectivity index (χ0n) is 19.6. The van der Waals surface area contributed by atoms with Crippen LogP contribution in [0, 0.1) is 11.6 Å². The summed E-state index contributed by atoms with van der Waals surface area (Å²) in [5.41, 5.74) is 8.22. The number of aliphatic hydroxyl groups excluding tert-OH is 1. The van der Waals surface area contributed by atoms with E-state index in [1.807, 2.05) is 36.4 Å². The second kappa shape index (κ2) is 9.28. The number of rotatable bonds is 6. The molecule has 0 saturated heterocycles. The molecule has 6 heteroatoms. The number of hydrogen-bond acceptors (Lipinski definition) is 4. The van der Waals surface area contributed by atoms with Gasteiger partial charge in [-0.15, -0.1) is 0 Å². The van der Waals surface area contributed by atoms with Gasteiger partial charge in [-0.25, -0.2) is 18.7 Å². The lowest BCUT2D eigenvalue weighted by atomic mass is 9.78. The number of anilines is 1. The molecule has 2 atom stereocenters. The smallest absolute Gasteiger partial charge is 0.223 e. The SMILES string of the molecule is OCC(CC1=CCc2ccccc21)Nc1ncc2c(n1)-c1ccccc1C(c1ccc(F)c(F)c1)C2. The maximum Gasteiger partial charge on any atom is 0.223 e. The molecule has 6 rings (SSSR count). The number of hydrogen-bond donors (Lipinski definition) is 2. The molecular formula is C30H25F2N3O. The Bertz CT molecular complexity index is 1480. The number of aromatic nitrogens is 2. The Kier molecular flexibility index (Phi) is 5.82. The van der Waals surface area contributed by atoms with E-state index in [1.165, 1.54) is 28.8 Å². The van der Waals surface area contributed by atoms with Gasteiger partial charge in [-0.2, -0.15) is 0 Å². The highest BCUT2D eigenvalue weighted by molar-refractivity contribution is 5.74. The third kappa shape index (κ3) is 4.07. The Morgan fingerprint density at radius 1 is 0.944 bits per heavy atom. The highest BCUT2D eigenvalue weighted by Crippen LogP contribution is 2.42. The van der Waals surface area contributed by atoms with E-state index in [9.17, 15) is 13.9 Å². The second-order valence-corrected chi connectivity index (χ2v) is 9.40. The van der Waals surface area contributed by atoms with Crippen LogP contribution in [-0.2, 0) is 12.8 Å². The molecule has 1 heterocycles. The number of nitrogens with one attached hydrogen (secondary N) is 1. The summed E-state index contributed by atoms with van der Waals surface area (Å²) >= 11 is 0. The molecule has 0 fully saturated rings. The van der Waals surface area contributed by atoms with Crippen LogP contribution < -0.4 is 5.32 Å². The largest absolute Gasteiger partial charge is 0.394 e. The predicted octanol–water partition coefficient (Wildman–Crippen LogP) is 5.91. The van der Waals surface area contributed by atoms with Crippen LogP contribution in [0.1, 0.15) is 40.2 Å². The van der Waals surface area contributed by atoms with Gasteiger partial charge >= 0.3 is 0 Å². The summed E-state index contributed by atoms with van der Waals surface area (Å²) in [4.78, 5) is 9.38. The van der Waals surface area contributed by atoms with Gasteiger partial charge < -0.3 is 10.4 Å². The molecule has 1 aromatic heterocycles. The normalized spacial score (nSPS) is 16.5. The van der Waals surface area contributed by atoms with E-state index in [4.69, 9.17) is 4.98 Å². The van der Waals surface area contributed by atoms with Gasteiger partial charge in [0.2, 0.25) is 5.95 Å². The summed E-state index contributed by atoms with van der Waals surface area (Å²) < 4.78 is 27.6. The van der Waals surface area contributed by atoms with Crippen molar-refractivity contribution in [1.29, 1.82) is 0 Å². The van der Waals surface area contributed by atoms with Crippen LogP contribution >= 0.6 is 0 Å². The molecule has 4 aromatic rings. The molecule has 3 aromatic carbocycles. The van der Waals surface area contributed by atoms with E-state index in [1.54, 1.807) is 12.3 Å². The molecule has 2 unspecified atom stereocenters. The average molecular weight is 482 g/mol. The van der Waals surface area contributed by atoms with Crippen molar-refractivity contribution in [2.45, 2.75) is 31.2 Å². The van der Waals surface area contributed by atoms with Crippen molar-refractivity contribution >= 4 is 11.5 Å². The monoisotopic (exact) mass is 481 g/mol. The molecule has 0 bridgehead atoms. The van der Waals surface area contributed by atoms with Crippen LogP contribution in [0.15, 0.2) is 79.0 Å². The van der Waals surface area contributed by atoms with E-state index in [2.05, 4.69) is 28.5 Å². The van der Waals surface area contributed by atoms with Gasteiger partial charge in [-0.1, -0.05) is 60.7 Å². The van der Waals surface area contributed by atoms with Crippen LogP contribution in [0.25, 0.3) is 16.8 Å². The Balaban J connectivity index is 1.28. The summed E-state index contributed by atoms with van der Waals surface area (Å²) in [6.45, 7) is -0.0469. The number of benzene rings is 3. The Morgan fingerprint density at radius 2 is 1.75 bits per heavy atom. The highest BCUT2D eigenvalue weighted by Gasteiger charge is 2.28. The molecule has 4 nitrogen and oxygen atoms in total. The van der Waals surface area contributed by atoms with Gasteiger partial charge in [-0.3, -0.25) is 0 Å². The first-order chi connectivity index (χ1) is 17.6. The average Bonchev–Trinajstić information content (AvgIpc) is 3.32. The zero-order valence-corrected chi connectivity index (χ0v) is 19.6. The number of halogens is 2. The first kappa shape index (κ1) is 22.6. The van der Waals surface area contributed by atoms with Crippen LogP contribution in [-0.4, -0.2) is 27.7 Å². The van der Waals surface area contributed by atoms with Crippen LogP contribution in [0.2, 0.25) is 0 Å². The second-order valence-electron chi connectivity index (χ2n) is 9.40. The molecule has 0 aliphatic heterocycles. The highest BCUT2D eigenvalue weighted by atomic mass is 19.2. The Hall–Kier alpha value is -3.90. The lowest BCUT2D eigenvalue weighted by Crippen LogP contribution is -2.26. The van der Waals surface area contributed by atoms with Crippen molar-refractivity contribution in [3.63, 3.8) is 0 Å². The first-order valence-electron chi connectivity index (χ1n) is 12.2. The summed E-state index contributed by atoms with van der Waals surface area (Å²) in [6, 6.07) is 20.1. The van der Waals surface area contributed by atoms with Crippen LogP contribution in [0.4, 0.5) is 14.7 Å². The lowest BCUT2D eigenvalue weighted by molar-refractivity contribution is 0.275. The number of aliphatic hydroxyl groups is 1. The van der Waals surface area contributed by atoms with Gasteiger partial charge in [0.05, 0.1) is 18.3 Å². The summed E-state index contributed by atoms with van der Waals surface area (Å²) in [5.74, 6) is -1.36. The van der Waals surface area contributed by atoms with Crippen LogP contribution in [0.5, 0.6) is 0 Å². The van der Waals surface area contributed by atoms with Crippen molar-refractivity contribution in [1.82, 2.24) is 9.97 Å². The van der Waals surface area contributed by atoms with Crippen LogP contribution in [0.3, 0.4) is 0 Å². The fourth-order valence-corrected chi connectivity index (χ4v) is 5.39. The van der Waals surface area contributed by atoms with Crippen molar-refractivity contribution in [3.8, 4) is 11.3 Å². The number of allylic oxidation sites excluding steroid dienone is 1. The minimum atomic E-state index is -0.849. The topological polar surface area (TPSA) is 58.0 Å². The maximum atomic E-state index is 14.0. The molecule has 0 spiro atoms. The van der Waals surface area contributed by atoms with Gasteiger partial charge in [-0.05, 0) is 64.8 Å². The third-order valence-electron chi connectivity index (χ3n) is 7.18. The third-order valence-corrected chi connectivity index (χ3v) is 7.18. The molecule has 2 aliphatic carbocycles. The Morgan fingerprint density at radius 3 is 2.58 bits per heavy atom. The molecule has 2 N–H and O–H groups in total. The summed E-state index contributed by atoms with van der Waals surface area (Å²) in [6.07, 6.45) is 6.19. The minimum absolute atomic E-state index is 0.0469. The van der Waals surface area contributed by atoms with Crippen molar-refractivity contribution in [2.24, 2.45) is 0 Å². The van der Waals surface area contributed by atoms with E-state index in [0.29, 0.717) is 18.8 Å². The number of fused-ring (bicyclic) bond motifs is 4. The van der Waals surface area contributed by atoms with Gasteiger partial charge in [0.1, 0.15) is 0 Å². The van der Waals surface area contributed by atoms with Gasteiger partial charge in [0, 0.05) is 17.7 Å². The summed E-state index contributed by atoms with van der Waals surface area (Å²) in [7, 11) is 0. The molecule has 0 amide bonds. The van der Waals surface area contributed by atoms with E-state index < -0.39 is 11.6 Å². The fraction of sp³-hybridized carbons (Fsp3) is 0.200. The standard InChI is InChI=1S/C30H25F2N3O/c31-27-12-11-20(15-28(27)32)26-14-21-16-33-30(35-29(21)25-8-4-3-7-24(25)26)34-22(17-36)13-19-10-9-18-5-1-2-6-23(18)19/h1-8,10-12,15-16,22,26,36H,9,13-14,17H2,(H,33,34,35). The Labute approximate surface area is 208 Å². The molecular weight excluding hydrogens is 456 g/mol. The van der Waals surface area contributed by atoms with Crippen molar-refractivity contribution < 1.29 is 13.9 Å². The number of nitrogens with zero attached hydrogens (tertiary/aromatic N) is 2. The minimum Gasteiger partial charge on any atom is -0.394 e. The van der Waals surface area contributed by atoms with E-state index in [0.717, 1.165) is 34.4 Å². The van der Waals surface area contributed by atoms with Crippen molar-refractivity contribution in [3.05, 3.63) is 118 Å². The lowest BCUT2D eigenvalue weighted by Gasteiger charge is -2.28. The summed E-state index contributed by atoms with van der Waals surface area (Å²) in [5, 5.41) is 13.4. The fourth-order valence-electron chi connectivity index (χ4n) is 5.39. The molecule has 2 aliphatic rings. The maximum absolute atomic E-state index is 14.0. The predicted molar refractivity (Wildman–Crippen MR) is 137 cm³/mol.